The van der Waals surface area contributed by atoms with Gasteiger partial charge >= 0.3 is 11.9 Å². The standard InChI is InChI=1S/C60H56FN3O7/c61-49-22-12-7-17-41(49)29-50(55(65)63-44-27-42(58(68)70-33-36-13-3-1-4-14-36)26-43(28-44)59(69)71-34-37-15-5-2-6-16-37)64-57(67)54-52-47-20-10-8-18-45(47)51(46-19-9-11-21-48(46)52)53(54)56(66)62-35-60-30-38-23-39(31-60)25-40(24-38)32-60/h1-22,26-28,38-40,50-54H,23-25,29-35H2,(H,62,66)(H,63,65)(H,64,67)/t38?,39?,40?,50-,51?,52?,53-,54+,60?/m0/s1. The predicted octanol–water partition coefficient (Wildman–Crippen LogP) is 10.1. The Hall–Kier alpha value is -7.40. The predicted molar refractivity (Wildman–Crippen MR) is 265 cm³/mol. The Kier molecular flexibility index (Phi) is 12.6. The van der Waals surface area contributed by atoms with Crippen molar-refractivity contribution in [2.45, 2.75) is 76.0 Å². The quantitative estimate of drug-likeness (QED) is 0.0871. The van der Waals surface area contributed by atoms with Gasteiger partial charge in [0.15, 0.2) is 0 Å². The third-order valence-corrected chi connectivity index (χ3v) is 16.0. The monoisotopic (exact) mass is 949 g/mol. The molecule has 0 aliphatic heterocycles. The molecule has 3 amide bonds. The van der Waals surface area contributed by atoms with Gasteiger partial charge in [0.25, 0.3) is 0 Å². The van der Waals surface area contributed by atoms with Crippen molar-refractivity contribution < 1.29 is 37.8 Å². The Bertz CT molecular complexity index is 2860. The van der Waals surface area contributed by atoms with Gasteiger partial charge in [0, 0.05) is 30.5 Å². The first-order valence-corrected chi connectivity index (χ1v) is 25.0. The van der Waals surface area contributed by atoms with Gasteiger partial charge in [0.05, 0.1) is 23.0 Å². The molecule has 6 aromatic carbocycles. The summed E-state index contributed by atoms with van der Waals surface area (Å²) >= 11 is 0. The first-order chi connectivity index (χ1) is 34.6. The third kappa shape index (κ3) is 9.37. The molecule has 3 atom stereocenters. The van der Waals surface area contributed by atoms with E-state index in [1.165, 1.54) is 43.5 Å². The Morgan fingerprint density at radius 2 is 1.01 bits per heavy atom. The second-order valence-corrected chi connectivity index (χ2v) is 20.7. The van der Waals surface area contributed by atoms with Gasteiger partial charge in [-0.2, -0.15) is 0 Å². The highest BCUT2D eigenvalue weighted by Crippen LogP contribution is 2.61. The Labute approximate surface area is 412 Å². The molecule has 0 unspecified atom stereocenters. The molecule has 0 aromatic heterocycles. The zero-order valence-corrected chi connectivity index (χ0v) is 39.4. The van der Waals surface area contributed by atoms with Gasteiger partial charge in [0.2, 0.25) is 17.7 Å². The van der Waals surface area contributed by atoms with Gasteiger partial charge in [-0.05, 0) is 125 Å². The van der Waals surface area contributed by atoms with Crippen LogP contribution in [0.5, 0.6) is 0 Å². The summed E-state index contributed by atoms with van der Waals surface area (Å²) < 4.78 is 26.9. The van der Waals surface area contributed by atoms with Gasteiger partial charge in [-0.25, -0.2) is 14.0 Å². The number of carbonyl (C=O) groups excluding carboxylic acids is 5. The zero-order chi connectivity index (χ0) is 48.6. The molecule has 360 valence electrons. The van der Waals surface area contributed by atoms with E-state index in [1.807, 2.05) is 97.1 Å². The number of fused-ring (bicyclic) bond motifs is 1. The molecule has 4 saturated carbocycles. The molecule has 7 aliphatic rings. The average molecular weight is 950 g/mol. The van der Waals surface area contributed by atoms with Crippen molar-refractivity contribution in [1.82, 2.24) is 10.6 Å². The number of ether oxygens (including phenoxy) is 2. The number of anilines is 1. The van der Waals surface area contributed by atoms with E-state index < -0.39 is 59.3 Å². The van der Waals surface area contributed by atoms with Crippen LogP contribution in [0.4, 0.5) is 10.1 Å². The lowest BCUT2D eigenvalue weighted by molar-refractivity contribution is -0.139. The molecule has 7 aliphatic carbocycles. The number of halogens is 1. The van der Waals surface area contributed by atoms with Crippen molar-refractivity contribution in [1.29, 1.82) is 0 Å². The van der Waals surface area contributed by atoms with Crippen LogP contribution in [0.15, 0.2) is 152 Å². The van der Waals surface area contributed by atoms with Gasteiger partial charge in [-0.1, -0.05) is 127 Å². The molecule has 0 spiro atoms. The molecular formula is C60H56FN3O7. The van der Waals surface area contributed by atoms with Crippen molar-refractivity contribution in [3.63, 3.8) is 0 Å². The lowest BCUT2D eigenvalue weighted by Crippen LogP contribution is -2.57. The van der Waals surface area contributed by atoms with Crippen LogP contribution >= 0.6 is 0 Å². The average Bonchev–Trinajstić information content (AvgIpc) is 3.39. The van der Waals surface area contributed by atoms with Crippen molar-refractivity contribution in [3.8, 4) is 0 Å². The minimum atomic E-state index is -1.37. The Morgan fingerprint density at radius 1 is 0.563 bits per heavy atom. The van der Waals surface area contributed by atoms with Crippen LogP contribution in [0, 0.1) is 40.8 Å². The zero-order valence-electron chi connectivity index (χ0n) is 39.4. The van der Waals surface area contributed by atoms with E-state index in [1.54, 1.807) is 18.2 Å². The SMILES string of the molecule is O=C(OCc1ccccc1)c1cc(NC(=O)[C@H](Cc2ccccc2F)NC(=O)[C@@H]2C3c4ccccc4C(c4ccccc43)[C@@H]2C(=O)NCC23CC4CC(CC(C4)C2)C3)cc(C(=O)OCc2ccccc2)c1. The maximum absolute atomic E-state index is 15.6. The number of carbonyl (C=O) groups is 5. The fourth-order valence-electron chi connectivity index (χ4n) is 13.3. The summed E-state index contributed by atoms with van der Waals surface area (Å²) in [5, 5.41) is 9.31. The molecule has 0 saturated heterocycles. The molecule has 4 fully saturated rings. The summed E-state index contributed by atoms with van der Waals surface area (Å²) in [6.07, 6.45) is 6.96. The maximum atomic E-state index is 15.6. The van der Waals surface area contributed by atoms with E-state index in [-0.39, 0.29) is 53.3 Å². The molecule has 0 heterocycles. The summed E-state index contributed by atoms with van der Waals surface area (Å²) in [4.78, 5) is 72.8. The minimum absolute atomic E-state index is 0.0296. The summed E-state index contributed by atoms with van der Waals surface area (Å²) in [6, 6.07) is 43.1. The number of hydrogen-bond acceptors (Lipinski definition) is 7. The molecule has 71 heavy (non-hydrogen) atoms. The molecule has 6 bridgehead atoms. The highest BCUT2D eigenvalue weighted by Gasteiger charge is 2.56. The van der Waals surface area contributed by atoms with E-state index in [2.05, 4.69) is 28.1 Å². The topological polar surface area (TPSA) is 140 Å². The highest BCUT2D eigenvalue weighted by molar-refractivity contribution is 6.02. The van der Waals surface area contributed by atoms with Crippen LogP contribution in [0.1, 0.15) is 110 Å². The van der Waals surface area contributed by atoms with Gasteiger partial charge in [-0.15, -0.1) is 0 Å². The molecule has 6 aromatic rings. The lowest BCUT2D eigenvalue weighted by atomic mass is 9.49. The fraction of sp³-hybridized carbons (Fsp3) is 0.317. The van der Waals surface area contributed by atoms with E-state index in [0.717, 1.165) is 52.6 Å². The molecule has 11 heteroatoms. The summed E-state index contributed by atoms with van der Waals surface area (Å²) in [7, 11) is 0. The van der Waals surface area contributed by atoms with Crippen molar-refractivity contribution in [2.24, 2.45) is 35.0 Å². The second-order valence-electron chi connectivity index (χ2n) is 20.7. The van der Waals surface area contributed by atoms with E-state index in [0.29, 0.717) is 24.3 Å². The summed E-state index contributed by atoms with van der Waals surface area (Å²) in [5.41, 5.74) is 5.66. The number of esters is 2. The summed E-state index contributed by atoms with van der Waals surface area (Å²) in [5.74, 6) is -4.06. The van der Waals surface area contributed by atoms with Crippen LogP contribution < -0.4 is 16.0 Å². The molecule has 10 nitrogen and oxygen atoms in total. The first-order valence-electron chi connectivity index (χ1n) is 25.0. The number of amides is 3. The highest BCUT2D eigenvalue weighted by atomic mass is 19.1. The van der Waals surface area contributed by atoms with Crippen molar-refractivity contribution in [2.75, 3.05) is 11.9 Å². The summed E-state index contributed by atoms with van der Waals surface area (Å²) in [6.45, 7) is 0.486. The van der Waals surface area contributed by atoms with Gasteiger partial charge < -0.3 is 25.4 Å². The molecule has 3 N–H and O–H groups in total. The van der Waals surface area contributed by atoms with Crippen LogP contribution in [-0.4, -0.2) is 42.2 Å². The third-order valence-electron chi connectivity index (χ3n) is 16.0. The second kappa shape index (κ2) is 19.4. The van der Waals surface area contributed by atoms with Crippen molar-refractivity contribution >= 4 is 35.3 Å². The van der Waals surface area contributed by atoms with Crippen molar-refractivity contribution in [3.05, 3.63) is 208 Å². The fourth-order valence-corrected chi connectivity index (χ4v) is 13.3. The van der Waals surface area contributed by atoms with E-state index in [4.69, 9.17) is 9.47 Å². The Balaban J connectivity index is 0.909. The smallest absolute Gasteiger partial charge is 0.338 e. The molecule has 0 radical (unpaired) electrons. The number of nitrogens with one attached hydrogen (secondary N) is 3. The maximum Gasteiger partial charge on any atom is 0.338 e. The lowest BCUT2D eigenvalue weighted by Gasteiger charge is -2.57. The van der Waals surface area contributed by atoms with E-state index >= 15 is 14.0 Å². The van der Waals surface area contributed by atoms with Crippen LogP contribution in [0.3, 0.4) is 0 Å². The van der Waals surface area contributed by atoms with Crippen LogP contribution in [0.2, 0.25) is 0 Å². The van der Waals surface area contributed by atoms with Crippen LogP contribution in [0.25, 0.3) is 0 Å². The van der Waals surface area contributed by atoms with Gasteiger partial charge in [0.1, 0.15) is 25.1 Å². The van der Waals surface area contributed by atoms with Crippen LogP contribution in [-0.2, 0) is 43.5 Å². The first kappa shape index (κ1) is 46.0. The number of rotatable bonds is 15. The number of benzene rings is 6. The minimum Gasteiger partial charge on any atom is -0.457 e. The van der Waals surface area contributed by atoms with E-state index in [9.17, 15) is 14.4 Å². The van der Waals surface area contributed by atoms with Gasteiger partial charge in [-0.3, -0.25) is 14.4 Å². The molecular weight excluding hydrogens is 894 g/mol. The normalized spacial score (nSPS) is 24.4. The Morgan fingerprint density at radius 3 is 1.51 bits per heavy atom. The molecule has 13 rings (SSSR count). The number of hydrogen-bond donors (Lipinski definition) is 3. The largest absolute Gasteiger partial charge is 0.457 e.